The molecule has 0 spiro atoms. The van der Waals surface area contributed by atoms with E-state index in [0.717, 1.165) is 16.5 Å². The van der Waals surface area contributed by atoms with Crippen molar-refractivity contribution < 1.29 is 23.9 Å². The summed E-state index contributed by atoms with van der Waals surface area (Å²) in [6, 6.07) is 24.2. The van der Waals surface area contributed by atoms with Crippen LogP contribution >= 0.6 is 0 Å². The SMILES string of the molecule is Cc1oc([C@@H](Cc2cn(C)c3ccccc23)NC(=O)C(CC(C)C)NC(=O)N(c2ccccc2)c2ccccc2)nc1C(=O)O. The van der Waals surface area contributed by atoms with Gasteiger partial charge in [0.05, 0.1) is 11.4 Å². The molecule has 0 aliphatic carbocycles. The Morgan fingerprint density at radius 3 is 2.09 bits per heavy atom. The second-order valence-corrected chi connectivity index (χ2v) is 11.4. The van der Waals surface area contributed by atoms with E-state index in [0.29, 0.717) is 17.8 Å². The van der Waals surface area contributed by atoms with E-state index in [2.05, 4.69) is 15.6 Å². The second kappa shape index (κ2) is 13.5. The second-order valence-electron chi connectivity index (χ2n) is 11.4. The highest BCUT2D eigenvalue weighted by molar-refractivity contribution is 6.01. The van der Waals surface area contributed by atoms with Gasteiger partial charge in [0.1, 0.15) is 17.8 Å². The molecule has 2 aromatic heterocycles. The maximum Gasteiger partial charge on any atom is 0.358 e. The van der Waals surface area contributed by atoms with Crippen LogP contribution in [0.5, 0.6) is 0 Å². The minimum Gasteiger partial charge on any atom is -0.476 e. The molecule has 2 heterocycles. The van der Waals surface area contributed by atoms with Crippen molar-refractivity contribution in [3.8, 4) is 0 Å². The number of hydrogen-bond donors (Lipinski definition) is 3. The normalized spacial score (nSPS) is 12.6. The van der Waals surface area contributed by atoms with Crippen molar-refractivity contribution in [1.82, 2.24) is 20.2 Å². The number of carboxylic acid groups (broad SMARTS) is 1. The summed E-state index contributed by atoms with van der Waals surface area (Å²) >= 11 is 0. The van der Waals surface area contributed by atoms with Crippen LogP contribution in [-0.4, -0.2) is 38.6 Å². The predicted octanol–water partition coefficient (Wildman–Crippen LogP) is 6.54. The van der Waals surface area contributed by atoms with E-state index in [1.807, 2.05) is 117 Å². The number of carbonyl (C=O) groups is 3. The first-order valence-corrected chi connectivity index (χ1v) is 14.9. The van der Waals surface area contributed by atoms with Gasteiger partial charge in [0, 0.05) is 30.6 Å². The number of oxazole rings is 1. The third-order valence-electron chi connectivity index (χ3n) is 7.59. The number of urea groups is 1. The van der Waals surface area contributed by atoms with Crippen LogP contribution in [0.3, 0.4) is 0 Å². The van der Waals surface area contributed by atoms with Gasteiger partial charge in [-0.3, -0.25) is 9.69 Å². The Balaban J connectivity index is 1.46. The van der Waals surface area contributed by atoms with Crippen molar-refractivity contribution in [3.63, 3.8) is 0 Å². The van der Waals surface area contributed by atoms with E-state index in [1.165, 1.54) is 11.8 Å². The van der Waals surface area contributed by atoms with Crippen LogP contribution in [0.2, 0.25) is 0 Å². The summed E-state index contributed by atoms with van der Waals surface area (Å²) < 4.78 is 7.81. The number of hydrogen-bond acceptors (Lipinski definition) is 5. The monoisotopic (exact) mass is 607 g/mol. The number of aromatic nitrogens is 2. The first kappa shape index (κ1) is 31.1. The number of nitrogens with one attached hydrogen (secondary N) is 2. The number of aromatic carboxylic acids is 1. The molecule has 0 saturated heterocycles. The van der Waals surface area contributed by atoms with Gasteiger partial charge in [-0.1, -0.05) is 68.4 Å². The minimum atomic E-state index is -1.22. The average Bonchev–Trinajstić information content (AvgIpc) is 3.57. The lowest BCUT2D eigenvalue weighted by atomic mass is 10.0. The van der Waals surface area contributed by atoms with Crippen molar-refractivity contribution >= 4 is 40.2 Å². The lowest BCUT2D eigenvalue weighted by Crippen LogP contribution is -2.51. The fourth-order valence-electron chi connectivity index (χ4n) is 5.50. The summed E-state index contributed by atoms with van der Waals surface area (Å²) in [4.78, 5) is 45.5. The fraction of sp³-hybridized carbons (Fsp3) is 0.257. The van der Waals surface area contributed by atoms with Gasteiger partial charge in [-0.25, -0.2) is 14.6 Å². The van der Waals surface area contributed by atoms with Crippen LogP contribution in [0.4, 0.5) is 16.2 Å². The molecule has 0 aliphatic heterocycles. The average molecular weight is 608 g/mol. The standard InChI is InChI=1S/C35H37N5O5/c1-22(2)19-28(37-35(44)40(25-13-7-5-8-14-25)26-15-9-6-10-16-26)32(41)36-29(33-38-31(34(42)43)23(3)45-33)20-24-21-39(4)30-18-12-11-17-27(24)30/h5-18,21-22,28-29H,19-20H2,1-4H3,(H,36,41)(H,37,44)(H,42,43)/t28?,29-/m1/s1. The van der Waals surface area contributed by atoms with E-state index in [-0.39, 0.29) is 29.7 Å². The molecule has 0 saturated carbocycles. The first-order chi connectivity index (χ1) is 21.6. The highest BCUT2D eigenvalue weighted by Gasteiger charge is 2.31. The Labute approximate surface area is 261 Å². The van der Waals surface area contributed by atoms with Gasteiger partial charge in [0.25, 0.3) is 0 Å². The van der Waals surface area contributed by atoms with Gasteiger partial charge in [-0.15, -0.1) is 0 Å². The van der Waals surface area contributed by atoms with Crippen LogP contribution < -0.4 is 15.5 Å². The molecule has 0 radical (unpaired) electrons. The number of nitrogens with zero attached hydrogens (tertiary/aromatic N) is 3. The molecule has 10 nitrogen and oxygen atoms in total. The quantitative estimate of drug-likeness (QED) is 0.156. The third-order valence-corrected chi connectivity index (χ3v) is 7.59. The Bertz CT molecular complexity index is 1760. The molecule has 3 aromatic carbocycles. The molecule has 2 atom stereocenters. The molecule has 3 N–H and O–H groups in total. The maximum absolute atomic E-state index is 14.0. The largest absolute Gasteiger partial charge is 0.476 e. The maximum atomic E-state index is 14.0. The highest BCUT2D eigenvalue weighted by Crippen LogP contribution is 2.28. The summed E-state index contributed by atoms with van der Waals surface area (Å²) in [5, 5.41) is 16.6. The number of carboxylic acids is 1. The Morgan fingerprint density at radius 1 is 0.911 bits per heavy atom. The van der Waals surface area contributed by atoms with Gasteiger partial charge >= 0.3 is 12.0 Å². The van der Waals surface area contributed by atoms with Crippen molar-refractivity contribution in [2.45, 2.75) is 45.7 Å². The predicted molar refractivity (Wildman–Crippen MR) is 173 cm³/mol. The summed E-state index contributed by atoms with van der Waals surface area (Å²) in [6.45, 7) is 5.48. The summed E-state index contributed by atoms with van der Waals surface area (Å²) in [6.07, 6.45) is 2.62. The van der Waals surface area contributed by atoms with Crippen LogP contribution in [0.15, 0.2) is 95.5 Å². The lowest BCUT2D eigenvalue weighted by molar-refractivity contribution is -0.124. The molecular weight excluding hydrogens is 570 g/mol. The zero-order valence-electron chi connectivity index (χ0n) is 25.7. The number of carbonyl (C=O) groups excluding carboxylic acids is 2. The topological polar surface area (TPSA) is 130 Å². The number of anilines is 2. The van der Waals surface area contributed by atoms with E-state index in [1.54, 1.807) is 0 Å². The van der Waals surface area contributed by atoms with Crippen molar-refractivity contribution in [1.29, 1.82) is 0 Å². The number of fused-ring (bicyclic) bond motifs is 1. The zero-order valence-corrected chi connectivity index (χ0v) is 25.7. The summed E-state index contributed by atoms with van der Waals surface area (Å²) in [5.41, 5.74) is 3.02. The van der Waals surface area contributed by atoms with Crippen LogP contribution in [0.1, 0.15) is 54.0 Å². The number of rotatable bonds is 11. The number of benzene rings is 3. The molecule has 3 amide bonds. The molecule has 0 bridgehead atoms. The summed E-state index contributed by atoms with van der Waals surface area (Å²) in [5.74, 6) is -1.36. The van der Waals surface area contributed by atoms with Gasteiger partial charge in [-0.2, -0.15) is 0 Å². The van der Waals surface area contributed by atoms with Crippen LogP contribution in [-0.2, 0) is 18.3 Å². The molecule has 5 aromatic rings. The first-order valence-electron chi connectivity index (χ1n) is 14.9. The summed E-state index contributed by atoms with van der Waals surface area (Å²) in [7, 11) is 1.94. The van der Waals surface area contributed by atoms with Crippen molar-refractivity contribution in [2.24, 2.45) is 13.0 Å². The number of para-hydroxylation sites is 3. The van der Waals surface area contributed by atoms with E-state index in [4.69, 9.17) is 4.42 Å². The molecule has 45 heavy (non-hydrogen) atoms. The van der Waals surface area contributed by atoms with Gasteiger partial charge in [0.2, 0.25) is 11.8 Å². The zero-order chi connectivity index (χ0) is 32.1. The van der Waals surface area contributed by atoms with Gasteiger partial charge < -0.3 is 24.7 Å². The molecule has 10 heteroatoms. The molecule has 5 rings (SSSR count). The molecule has 0 fully saturated rings. The molecular formula is C35H37N5O5. The van der Waals surface area contributed by atoms with Crippen molar-refractivity contribution in [3.05, 3.63) is 114 Å². The van der Waals surface area contributed by atoms with Gasteiger partial charge in [0.15, 0.2) is 5.69 Å². The molecule has 0 aliphatic rings. The van der Waals surface area contributed by atoms with E-state index in [9.17, 15) is 19.5 Å². The number of aryl methyl sites for hydroxylation is 2. The Morgan fingerprint density at radius 2 is 1.51 bits per heavy atom. The lowest BCUT2D eigenvalue weighted by Gasteiger charge is -2.28. The van der Waals surface area contributed by atoms with Crippen LogP contribution in [0, 0.1) is 12.8 Å². The Kier molecular flexibility index (Phi) is 9.32. The third kappa shape index (κ3) is 7.06. The molecule has 232 valence electrons. The smallest absolute Gasteiger partial charge is 0.358 e. The minimum absolute atomic E-state index is 0.0714. The van der Waals surface area contributed by atoms with E-state index < -0.39 is 30.0 Å². The van der Waals surface area contributed by atoms with Gasteiger partial charge in [-0.05, 0) is 55.2 Å². The Hall–Kier alpha value is -5.38. The molecule has 1 unspecified atom stereocenters. The van der Waals surface area contributed by atoms with E-state index >= 15 is 0 Å². The van der Waals surface area contributed by atoms with Crippen molar-refractivity contribution in [2.75, 3.05) is 4.90 Å². The fourth-order valence-corrected chi connectivity index (χ4v) is 5.50. The highest BCUT2D eigenvalue weighted by atomic mass is 16.4. The van der Waals surface area contributed by atoms with Crippen LogP contribution in [0.25, 0.3) is 10.9 Å². The number of amides is 3.